The molecule has 0 saturated carbocycles. The molecule has 1 amide bonds. The predicted octanol–water partition coefficient (Wildman–Crippen LogP) is 5.49. The summed E-state index contributed by atoms with van der Waals surface area (Å²) >= 11 is 12.1. The number of piperazine rings is 1. The molecule has 1 aliphatic rings. The van der Waals surface area contributed by atoms with Crippen molar-refractivity contribution in [3.8, 4) is 0 Å². The lowest BCUT2D eigenvalue weighted by Crippen LogP contribution is -2.50. The van der Waals surface area contributed by atoms with E-state index in [9.17, 15) is 9.18 Å². The number of carbonyl (C=O) groups excluding carboxylic acids is 1. The van der Waals surface area contributed by atoms with E-state index in [1.54, 1.807) is 18.2 Å². The largest absolute Gasteiger partial charge is 0.378 e. The molecule has 1 N–H and O–H groups in total. The van der Waals surface area contributed by atoms with Crippen LogP contribution in [-0.4, -0.2) is 57.6 Å². The van der Waals surface area contributed by atoms with E-state index in [2.05, 4.69) is 44.3 Å². The SMILES string of the molecule is CN(C)c1ccc(C(CNC(=O)c2ccc(Cl)c(Cl)c2)N2CCN(c3ccc(F)cc3)CC2)cc1. The molecule has 1 saturated heterocycles. The normalized spacial score (nSPS) is 15.1. The number of anilines is 2. The number of nitrogens with zero attached hydrogens (tertiary/aromatic N) is 3. The van der Waals surface area contributed by atoms with E-state index in [0.717, 1.165) is 43.1 Å². The molecule has 8 heteroatoms. The van der Waals surface area contributed by atoms with Gasteiger partial charge in [0.15, 0.2) is 0 Å². The van der Waals surface area contributed by atoms with Crippen LogP contribution in [0.4, 0.5) is 15.8 Å². The first-order valence-electron chi connectivity index (χ1n) is 11.6. The Labute approximate surface area is 216 Å². The van der Waals surface area contributed by atoms with Crippen LogP contribution >= 0.6 is 23.2 Å². The van der Waals surface area contributed by atoms with Crippen LogP contribution in [0.25, 0.3) is 0 Å². The summed E-state index contributed by atoms with van der Waals surface area (Å²) in [6, 6.07) is 20.0. The third kappa shape index (κ3) is 6.26. The Morgan fingerprint density at radius 1 is 0.943 bits per heavy atom. The molecule has 0 aromatic heterocycles. The van der Waals surface area contributed by atoms with Crippen molar-refractivity contribution in [2.75, 3.05) is 56.6 Å². The lowest BCUT2D eigenvalue weighted by molar-refractivity contribution is 0.0930. The highest BCUT2D eigenvalue weighted by molar-refractivity contribution is 6.42. The maximum absolute atomic E-state index is 13.3. The Bertz CT molecular complexity index is 1150. The van der Waals surface area contributed by atoms with Gasteiger partial charge in [-0.1, -0.05) is 35.3 Å². The number of hydrogen-bond acceptors (Lipinski definition) is 4. The zero-order valence-electron chi connectivity index (χ0n) is 19.8. The van der Waals surface area contributed by atoms with Crippen LogP contribution in [0.2, 0.25) is 10.0 Å². The Morgan fingerprint density at radius 3 is 2.20 bits per heavy atom. The molecule has 0 radical (unpaired) electrons. The highest BCUT2D eigenvalue weighted by atomic mass is 35.5. The van der Waals surface area contributed by atoms with Gasteiger partial charge in [0.05, 0.1) is 16.1 Å². The average Bonchev–Trinajstić information content (AvgIpc) is 2.87. The third-order valence-electron chi connectivity index (χ3n) is 6.38. The van der Waals surface area contributed by atoms with Crippen LogP contribution in [0.15, 0.2) is 66.7 Å². The summed E-state index contributed by atoms with van der Waals surface area (Å²) in [5, 5.41) is 3.85. The van der Waals surface area contributed by atoms with Crippen molar-refractivity contribution in [3.63, 3.8) is 0 Å². The van der Waals surface area contributed by atoms with Gasteiger partial charge in [0, 0.05) is 63.8 Å². The van der Waals surface area contributed by atoms with Crippen molar-refractivity contribution in [1.82, 2.24) is 10.2 Å². The van der Waals surface area contributed by atoms with Gasteiger partial charge < -0.3 is 15.1 Å². The molecule has 0 aliphatic carbocycles. The monoisotopic (exact) mass is 514 g/mol. The highest BCUT2D eigenvalue weighted by Gasteiger charge is 2.26. The minimum atomic E-state index is -0.230. The molecule has 1 atom stereocenters. The predicted molar refractivity (Wildman–Crippen MR) is 142 cm³/mol. The van der Waals surface area contributed by atoms with E-state index in [1.807, 2.05) is 26.2 Å². The molecule has 1 aliphatic heterocycles. The summed E-state index contributed by atoms with van der Waals surface area (Å²) in [7, 11) is 4.03. The van der Waals surface area contributed by atoms with E-state index < -0.39 is 0 Å². The van der Waals surface area contributed by atoms with Crippen LogP contribution in [0, 0.1) is 5.82 Å². The Kier molecular flexibility index (Phi) is 8.16. The van der Waals surface area contributed by atoms with E-state index in [0.29, 0.717) is 22.2 Å². The molecule has 1 heterocycles. The van der Waals surface area contributed by atoms with Gasteiger partial charge in [0.25, 0.3) is 5.91 Å². The lowest BCUT2D eigenvalue weighted by Gasteiger charge is -2.40. The second-order valence-corrected chi connectivity index (χ2v) is 9.65. The second kappa shape index (κ2) is 11.3. The first-order valence-corrected chi connectivity index (χ1v) is 12.3. The summed E-state index contributed by atoms with van der Waals surface area (Å²) in [5.74, 6) is -0.422. The first kappa shape index (κ1) is 25.3. The van der Waals surface area contributed by atoms with Gasteiger partial charge >= 0.3 is 0 Å². The van der Waals surface area contributed by atoms with Crippen LogP contribution in [0.1, 0.15) is 22.0 Å². The number of rotatable bonds is 7. The molecule has 0 bridgehead atoms. The fourth-order valence-corrected chi connectivity index (χ4v) is 4.62. The zero-order chi connectivity index (χ0) is 24.9. The van der Waals surface area contributed by atoms with E-state index in [-0.39, 0.29) is 17.8 Å². The van der Waals surface area contributed by atoms with Crippen molar-refractivity contribution < 1.29 is 9.18 Å². The van der Waals surface area contributed by atoms with Gasteiger partial charge in [0.1, 0.15) is 5.82 Å². The Hall–Kier alpha value is -2.80. The van der Waals surface area contributed by atoms with Crippen molar-refractivity contribution in [3.05, 3.63) is 93.7 Å². The fourth-order valence-electron chi connectivity index (χ4n) is 4.32. The molecule has 184 valence electrons. The molecule has 1 unspecified atom stereocenters. The van der Waals surface area contributed by atoms with Crippen LogP contribution in [0.3, 0.4) is 0 Å². The maximum atomic E-state index is 13.3. The van der Waals surface area contributed by atoms with Gasteiger partial charge in [-0.2, -0.15) is 0 Å². The molecule has 1 fully saturated rings. The number of amides is 1. The number of benzene rings is 3. The minimum Gasteiger partial charge on any atom is -0.378 e. The summed E-state index contributed by atoms with van der Waals surface area (Å²) in [6.07, 6.45) is 0. The number of nitrogens with one attached hydrogen (secondary N) is 1. The lowest BCUT2D eigenvalue weighted by atomic mass is 10.0. The fraction of sp³-hybridized carbons (Fsp3) is 0.296. The highest BCUT2D eigenvalue weighted by Crippen LogP contribution is 2.27. The standard InChI is InChI=1S/C27H29Cl2FN4O/c1-32(2)22-8-3-19(4-9-22)26(18-31-27(35)20-5-12-24(28)25(29)17-20)34-15-13-33(14-16-34)23-10-6-21(30)7-11-23/h3-12,17,26H,13-16,18H2,1-2H3,(H,31,35). The van der Waals surface area contributed by atoms with Crippen molar-refractivity contribution in [1.29, 1.82) is 0 Å². The van der Waals surface area contributed by atoms with Gasteiger partial charge in [-0.3, -0.25) is 9.69 Å². The second-order valence-electron chi connectivity index (χ2n) is 8.84. The third-order valence-corrected chi connectivity index (χ3v) is 7.12. The molecule has 3 aromatic rings. The molecule has 4 rings (SSSR count). The van der Waals surface area contributed by atoms with Gasteiger partial charge in [-0.15, -0.1) is 0 Å². The summed E-state index contributed by atoms with van der Waals surface area (Å²) in [5.41, 5.74) is 3.75. The van der Waals surface area contributed by atoms with E-state index in [1.165, 1.54) is 12.1 Å². The molecule has 35 heavy (non-hydrogen) atoms. The van der Waals surface area contributed by atoms with Crippen molar-refractivity contribution >= 4 is 40.5 Å². The van der Waals surface area contributed by atoms with Gasteiger partial charge in [0.2, 0.25) is 0 Å². The maximum Gasteiger partial charge on any atom is 0.251 e. The molecule has 0 spiro atoms. The quantitative estimate of drug-likeness (QED) is 0.452. The van der Waals surface area contributed by atoms with Crippen molar-refractivity contribution in [2.45, 2.75) is 6.04 Å². The number of carbonyl (C=O) groups is 1. The van der Waals surface area contributed by atoms with Crippen LogP contribution in [-0.2, 0) is 0 Å². The van der Waals surface area contributed by atoms with Crippen LogP contribution < -0.4 is 15.1 Å². The summed E-state index contributed by atoms with van der Waals surface area (Å²) in [6.45, 7) is 3.73. The Morgan fingerprint density at radius 2 is 1.60 bits per heavy atom. The number of halogens is 3. The average molecular weight is 515 g/mol. The van der Waals surface area contributed by atoms with E-state index in [4.69, 9.17) is 23.2 Å². The smallest absolute Gasteiger partial charge is 0.251 e. The molecule has 5 nitrogen and oxygen atoms in total. The van der Waals surface area contributed by atoms with Crippen molar-refractivity contribution in [2.24, 2.45) is 0 Å². The summed E-state index contributed by atoms with van der Waals surface area (Å²) in [4.78, 5) is 19.6. The zero-order valence-corrected chi connectivity index (χ0v) is 21.4. The summed E-state index contributed by atoms with van der Waals surface area (Å²) < 4.78 is 13.3. The Balaban J connectivity index is 1.48. The van der Waals surface area contributed by atoms with Gasteiger partial charge in [-0.05, 0) is 60.2 Å². The molecular weight excluding hydrogens is 486 g/mol. The molecular formula is C27H29Cl2FN4O. The van der Waals surface area contributed by atoms with Gasteiger partial charge in [-0.25, -0.2) is 4.39 Å². The molecule has 3 aromatic carbocycles. The first-order chi connectivity index (χ1) is 16.8. The topological polar surface area (TPSA) is 38.8 Å². The van der Waals surface area contributed by atoms with Crippen LogP contribution in [0.5, 0.6) is 0 Å². The number of hydrogen-bond donors (Lipinski definition) is 1. The minimum absolute atomic E-state index is 0.00769. The van der Waals surface area contributed by atoms with E-state index >= 15 is 0 Å².